The van der Waals surface area contributed by atoms with E-state index in [2.05, 4.69) is 30.2 Å². The Kier molecular flexibility index (Phi) is 16.5. The number of aliphatic hydroxyl groups excluding tert-OH is 1. The minimum Gasteiger partial charge on any atom is -0.393 e. The first-order chi connectivity index (χ1) is 16.7. The molecule has 0 aromatic heterocycles. The van der Waals surface area contributed by atoms with Crippen molar-refractivity contribution in [3.8, 4) is 0 Å². The third kappa shape index (κ3) is 9.88. The topological polar surface area (TPSA) is 75.3 Å². The van der Waals surface area contributed by atoms with Crippen molar-refractivity contribution in [3.05, 3.63) is 58.4 Å². The van der Waals surface area contributed by atoms with Crippen molar-refractivity contribution >= 4 is 47.8 Å². The summed E-state index contributed by atoms with van der Waals surface area (Å²) in [6.45, 7) is 11.9. The predicted molar refractivity (Wildman–Crippen MR) is 145 cm³/mol. The fraction of sp³-hybridized carbons (Fsp3) is 0.480. The van der Waals surface area contributed by atoms with Gasteiger partial charge in [0.1, 0.15) is 0 Å². The molecule has 0 spiro atoms. The number of hydrogen-bond donors (Lipinski definition) is 4. The van der Waals surface area contributed by atoms with Crippen LogP contribution in [0, 0.1) is 29.3 Å². The van der Waals surface area contributed by atoms with Crippen LogP contribution in [0.4, 0.5) is 18.9 Å². The number of thiol groups is 1. The zero-order chi connectivity index (χ0) is 27.3. The average molecular weight is 553 g/mol. The van der Waals surface area contributed by atoms with Crippen molar-refractivity contribution in [1.29, 1.82) is 0 Å². The molecular weight excluding hydrogens is 517 g/mol. The lowest BCUT2D eigenvalue weighted by molar-refractivity contribution is 0.102. The third-order valence-electron chi connectivity index (χ3n) is 5.04. The summed E-state index contributed by atoms with van der Waals surface area (Å²) < 4.78 is 39.8. The van der Waals surface area contributed by atoms with Crippen LogP contribution in [0.25, 0.3) is 0 Å². The van der Waals surface area contributed by atoms with Crippen LogP contribution in [-0.4, -0.2) is 22.4 Å². The Bertz CT molecular complexity index is 913. The molecular formula is C25H36ClF3N2O2S2. The maximum atomic E-state index is 13.4. The standard InChI is InChI=1S/C21H21ClF3NO2S.2C2H6.H3NS/c1-10-5-13(6-11(2)27)20(10)29-18-7-12(3-4-15(18)22)21(28)26-14-8-16(23)19(25)17(24)9-14;3*1-2/h3-4,7-11,13,20,27H,5-6H2,1-2H3,(H,26,28);2*1-2H3;2H,1H2. The van der Waals surface area contributed by atoms with E-state index in [1.54, 1.807) is 30.8 Å². The van der Waals surface area contributed by atoms with E-state index in [0.29, 0.717) is 23.3 Å². The smallest absolute Gasteiger partial charge is 0.255 e. The van der Waals surface area contributed by atoms with Gasteiger partial charge in [-0.1, -0.05) is 46.2 Å². The van der Waals surface area contributed by atoms with Crippen molar-refractivity contribution in [2.45, 2.75) is 70.6 Å². The van der Waals surface area contributed by atoms with Gasteiger partial charge < -0.3 is 10.4 Å². The van der Waals surface area contributed by atoms with E-state index >= 15 is 0 Å². The second kappa shape index (κ2) is 17.1. The molecule has 4 atom stereocenters. The Balaban J connectivity index is 0.00000179. The summed E-state index contributed by atoms with van der Waals surface area (Å²) in [4.78, 5) is 13.2. The van der Waals surface area contributed by atoms with Gasteiger partial charge in [-0.2, -0.15) is 0 Å². The highest BCUT2D eigenvalue weighted by molar-refractivity contribution is 8.00. The minimum atomic E-state index is -1.59. The van der Waals surface area contributed by atoms with Crippen LogP contribution < -0.4 is 10.5 Å². The Morgan fingerprint density at radius 2 is 1.71 bits per heavy atom. The maximum absolute atomic E-state index is 13.4. The van der Waals surface area contributed by atoms with Crippen LogP contribution in [0.15, 0.2) is 35.2 Å². The Hall–Kier alpha value is -1.39. The summed E-state index contributed by atoms with van der Waals surface area (Å²) in [5.74, 6) is -4.10. The number of nitrogens with one attached hydrogen (secondary N) is 1. The molecule has 2 aromatic rings. The van der Waals surface area contributed by atoms with Crippen LogP contribution in [0.1, 0.15) is 64.7 Å². The number of carbonyl (C=O) groups excluding carboxylic acids is 1. The summed E-state index contributed by atoms with van der Waals surface area (Å²) in [5, 5.41) is 17.0. The molecule has 1 aliphatic carbocycles. The predicted octanol–water partition coefficient (Wildman–Crippen LogP) is 7.74. The summed E-state index contributed by atoms with van der Waals surface area (Å²) >= 11 is 10.9. The molecule has 35 heavy (non-hydrogen) atoms. The zero-order valence-corrected chi connectivity index (χ0v) is 23.4. The molecule has 4 unspecified atom stereocenters. The molecule has 0 radical (unpaired) electrons. The molecule has 4 nitrogen and oxygen atoms in total. The molecule has 1 saturated carbocycles. The fourth-order valence-electron chi connectivity index (χ4n) is 3.61. The second-order valence-corrected chi connectivity index (χ2v) is 9.12. The molecule has 1 amide bonds. The molecule has 1 fully saturated rings. The number of carbonyl (C=O) groups is 1. The largest absolute Gasteiger partial charge is 0.393 e. The van der Waals surface area contributed by atoms with E-state index in [9.17, 15) is 23.1 Å². The Morgan fingerprint density at radius 3 is 2.20 bits per heavy atom. The summed E-state index contributed by atoms with van der Waals surface area (Å²) in [5.41, 5.74) is 0.0845. The molecule has 0 bridgehead atoms. The molecule has 0 saturated heterocycles. The SMILES string of the molecule is CC.CC.CC(O)CC1CC(C)C1Sc1cc(C(=O)Nc2cc(F)c(F)c(F)c2)ccc1Cl.NS. The zero-order valence-electron chi connectivity index (χ0n) is 20.9. The van der Waals surface area contributed by atoms with Gasteiger partial charge in [0.25, 0.3) is 5.91 Å². The van der Waals surface area contributed by atoms with E-state index in [0.717, 1.165) is 23.4 Å². The van der Waals surface area contributed by atoms with Gasteiger partial charge in [-0.15, -0.1) is 24.6 Å². The van der Waals surface area contributed by atoms with E-state index in [-0.39, 0.29) is 22.6 Å². The van der Waals surface area contributed by atoms with Crippen molar-refractivity contribution in [2.24, 2.45) is 17.0 Å². The minimum absolute atomic E-state index is 0.180. The van der Waals surface area contributed by atoms with Crippen molar-refractivity contribution < 1.29 is 23.1 Å². The van der Waals surface area contributed by atoms with Gasteiger partial charge in [0.15, 0.2) is 17.5 Å². The normalized spacial score (nSPS) is 18.8. The average Bonchev–Trinajstić information content (AvgIpc) is 2.85. The number of rotatable bonds is 6. The molecule has 3 rings (SSSR count). The number of halogens is 4. The highest BCUT2D eigenvalue weighted by Gasteiger charge is 2.39. The van der Waals surface area contributed by atoms with Crippen LogP contribution in [0.5, 0.6) is 0 Å². The first-order valence-corrected chi connectivity index (χ1v) is 13.3. The van der Waals surface area contributed by atoms with Gasteiger partial charge >= 0.3 is 0 Å². The number of benzene rings is 2. The molecule has 10 heteroatoms. The van der Waals surface area contributed by atoms with E-state index < -0.39 is 23.4 Å². The summed E-state index contributed by atoms with van der Waals surface area (Å²) in [6, 6.07) is 6.17. The first-order valence-electron chi connectivity index (χ1n) is 11.5. The fourth-order valence-corrected chi connectivity index (χ4v) is 5.29. The van der Waals surface area contributed by atoms with Crippen LogP contribution in [-0.2, 0) is 0 Å². The highest BCUT2D eigenvalue weighted by Crippen LogP contribution is 2.48. The monoisotopic (exact) mass is 552 g/mol. The molecule has 1 aliphatic rings. The Labute approximate surface area is 221 Å². The number of aliphatic hydroxyl groups is 1. The van der Waals surface area contributed by atoms with Crippen molar-refractivity contribution in [3.63, 3.8) is 0 Å². The number of nitrogens with two attached hydrogens (primary N) is 1. The number of amides is 1. The molecule has 2 aromatic carbocycles. The maximum Gasteiger partial charge on any atom is 0.255 e. The van der Waals surface area contributed by atoms with Gasteiger partial charge in [-0.05, 0) is 49.8 Å². The third-order valence-corrected chi connectivity index (χ3v) is 7.20. The van der Waals surface area contributed by atoms with Gasteiger partial charge in [-0.25, -0.2) is 13.2 Å². The van der Waals surface area contributed by atoms with Crippen LogP contribution in [0.2, 0.25) is 5.02 Å². The van der Waals surface area contributed by atoms with Crippen molar-refractivity contribution in [1.82, 2.24) is 0 Å². The Morgan fingerprint density at radius 1 is 1.17 bits per heavy atom. The van der Waals surface area contributed by atoms with Crippen LogP contribution >= 0.6 is 36.2 Å². The van der Waals surface area contributed by atoms with Gasteiger partial charge in [0.2, 0.25) is 0 Å². The van der Waals surface area contributed by atoms with E-state index in [1.165, 1.54) is 6.07 Å². The lowest BCUT2D eigenvalue weighted by Crippen LogP contribution is -2.39. The van der Waals surface area contributed by atoms with Gasteiger partial charge in [0, 0.05) is 33.5 Å². The van der Waals surface area contributed by atoms with Crippen LogP contribution in [0.3, 0.4) is 0 Å². The van der Waals surface area contributed by atoms with Gasteiger partial charge in [0.05, 0.1) is 11.1 Å². The lowest BCUT2D eigenvalue weighted by atomic mass is 9.73. The summed E-state index contributed by atoms with van der Waals surface area (Å²) in [7, 11) is 0. The molecule has 0 aliphatic heterocycles. The molecule has 0 heterocycles. The lowest BCUT2D eigenvalue weighted by Gasteiger charge is -2.43. The molecule has 198 valence electrons. The van der Waals surface area contributed by atoms with Crippen molar-refractivity contribution in [2.75, 3.05) is 5.32 Å². The second-order valence-electron chi connectivity index (χ2n) is 7.49. The van der Waals surface area contributed by atoms with E-state index in [4.69, 9.17) is 11.6 Å². The first kappa shape index (κ1) is 33.6. The highest BCUT2D eigenvalue weighted by atomic mass is 35.5. The molecule has 4 N–H and O–H groups in total. The van der Waals surface area contributed by atoms with E-state index in [1.807, 2.05) is 27.7 Å². The number of thioether (sulfide) groups is 1. The van der Waals surface area contributed by atoms with Gasteiger partial charge in [-0.3, -0.25) is 9.93 Å². The number of anilines is 1. The number of hydrogen-bond acceptors (Lipinski definition) is 5. The summed E-state index contributed by atoms with van der Waals surface area (Å²) in [6.07, 6.45) is 1.36. The quantitative estimate of drug-likeness (QED) is 0.218.